The third-order valence-corrected chi connectivity index (χ3v) is 6.31. The number of rotatable bonds is 5. The van der Waals surface area contributed by atoms with Gasteiger partial charge in [-0.3, -0.25) is 9.48 Å². The Morgan fingerprint density at radius 1 is 1.32 bits per heavy atom. The van der Waals surface area contributed by atoms with E-state index in [-0.39, 0.29) is 11.9 Å². The molecule has 2 aromatic heterocycles. The van der Waals surface area contributed by atoms with E-state index in [1.165, 1.54) is 17.3 Å². The molecule has 8 nitrogen and oxygen atoms in total. The van der Waals surface area contributed by atoms with Gasteiger partial charge in [-0.25, -0.2) is 0 Å². The molecule has 146 valence electrons. The van der Waals surface area contributed by atoms with Crippen molar-refractivity contribution < 1.29 is 4.79 Å². The number of benzene rings is 1. The maximum absolute atomic E-state index is 12.5. The topological polar surface area (TPSA) is 96.8 Å². The van der Waals surface area contributed by atoms with Gasteiger partial charge in [-0.15, -0.1) is 0 Å². The zero-order chi connectivity index (χ0) is 19.1. The van der Waals surface area contributed by atoms with E-state index in [2.05, 4.69) is 36.8 Å². The molecule has 0 spiro atoms. The summed E-state index contributed by atoms with van der Waals surface area (Å²) >= 11 is 1.25. The van der Waals surface area contributed by atoms with Gasteiger partial charge in [0.1, 0.15) is 16.7 Å². The first-order valence-corrected chi connectivity index (χ1v) is 10.4. The van der Waals surface area contributed by atoms with Crippen molar-refractivity contribution in [2.45, 2.75) is 44.4 Å². The second-order valence-electron chi connectivity index (χ2n) is 7.51. The van der Waals surface area contributed by atoms with E-state index in [9.17, 15) is 4.79 Å². The van der Waals surface area contributed by atoms with E-state index in [0.29, 0.717) is 6.04 Å². The van der Waals surface area contributed by atoms with E-state index in [4.69, 9.17) is 5.10 Å². The van der Waals surface area contributed by atoms with Crippen molar-refractivity contribution >= 4 is 28.7 Å². The molecule has 5 rings (SSSR count). The molecule has 1 fully saturated rings. The largest absolute Gasteiger partial charge is 0.354 e. The number of hydrogen-bond acceptors (Lipinski definition) is 7. The average Bonchev–Trinajstić information content (AvgIpc) is 3.30. The van der Waals surface area contributed by atoms with Gasteiger partial charge in [0.05, 0.1) is 23.5 Å². The smallest absolute Gasteiger partial charge is 0.269 e. The normalized spacial score (nSPS) is 21.3. The van der Waals surface area contributed by atoms with Gasteiger partial charge in [0.25, 0.3) is 5.91 Å². The molecular formula is C19H23N7OS. The van der Waals surface area contributed by atoms with Gasteiger partial charge in [-0.1, -0.05) is 6.07 Å². The van der Waals surface area contributed by atoms with Crippen LogP contribution >= 0.6 is 11.7 Å². The van der Waals surface area contributed by atoms with Crippen LogP contribution in [0.4, 0.5) is 0 Å². The highest BCUT2D eigenvalue weighted by Gasteiger charge is 2.35. The lowest BCUT2D eigenvalue weighted by atomic mass is 9.86. The van der Waals surface area contributed by atoms with Crippen molar-refractivity contribution in [3.8, 4) is 0 Å². The third kappa shape index (κ3) is 3.09. The number of nitrogens with one attached hydrogen (secondary N) is 3. The molecule has 1 aliphatic carbocycles. The van der Waals surface area contributed by atoms with Crippen molar-refractivity contribution in [3.63, 3.8) is 0 Å². The molecule has 1 amide bonds. The molecule has 9 heteroatoms. The number of fused-ring (bicyclic) bond motifs is 2. The lowest BCUT2D eigenvalue weighted by Gasteiger charge is -2.37. The van der Waals surface area contributed by atoms with Crippen LogP contribution in [-0.4, -0.2) is 44.1 Å². The highest BCUT2D eigenvalue weighted by Crippen LogP contribution is 2.35. The maximum Gasteiger partial charge on any atom is 0.269 e. The Morgan fingerprint density at radius 2 is 2.18 bits per heavy atom. The van der Waals surface area contributed by atoms with Crippen LogP contribution < -0.4 is 16.0 Å². The van der Waals surface area contributed by atoms with Gasteiger partial charge in [0.15, 0.2) is 0 Å². The fourth-order valence-electron chi connectivity index (χ4n) is 4.12. The summed E-state index contributed by atoms with van der Waals surface area (Å²) in [6.07, 6.45) is 2.83. The first-order chi connectivity index (χ1) is 13.7. The molecule has 0 bridgehead atoms. The summed E-state index contributed by atoms with van der Waals surface area (Å²) in [6, 6.07) is 6.94. The number of carbonyl (C=O) groups is 1. The Balaban J connectivity index is 1.25. The zero-order valence-electron chi connectivity index (χ0n) is 15.7. The highest BCUT2D eigenvalue weighted by atomic mass is 32.1. The number of aromatic nitrogens is 4. The van der Waals surface area contributed by atoms with E-state index in [1.54, 1.807) is 7.05 Å². The van der Waals surface area contributed by atoms with Crippen molar-refractivity contribution in [2.75, 3.05) is 13.6 Å². The molecule has 0 unspecified atom stereocenters. The van der Waals surface area contributed by atoms with Gasteiger partial charge in [-0.2, -0.15) is 13.8 Å². The Morgan fingerprint density at radius 3 is 3.04 bits per heavy atom. The van der Waals surface area contributed by atoms with Crippen LogP contribution in [0.5, 0.6) is 0 Å². The van der Waals surface area contributed by atoms with Gasteiger partial charge >= 0.3 is 0 Å². The fourth-order valence-corrected chi connectivity index (χ4v) is 4.64. The lowest BCUT2D eigenvalue weighted by Crippen LogP contribution is -2.43. The summed E-state index contributed by atoms with van der Waals surface area (Å²) in [7, 11) is 1.69. The quantitative estimate of drug-likeness (QED) is 0.602. The Hall–Kier alpha value is -2.36. The van der Waals surface area contributed by atoms with Gasteiger partial charge < -0.3 is 16.0 Å². The van der Waals surface area contributed by atoms with Crippen LogP contribution in [0.3, 0.4) is 0 Å². The van der Waals surface area contributed by atoms with Crippen molar-refractivity contribution in [1.82, 2.24) is 34.5 Å². The third-order valence-electron chi connectivity index (χ3n) is 5.75. The minimum atomic E-state index is -0.0303. The molecule has 28 heavy (non-hydrogen) atoms. The van der Waals surface area contributed by atoms with Crippen LogP contribution in [0.15, 0.2) is 18.2 Å². The first kappa shape index (κ1) is 17.7. The van der Waals surface area contributed by atoms with E-state index < -0.39 is 0 Å². The van der Waals surface area contributed by atoms with Crippen LogP contribution in [0.25, 0.3) is 11.0 Å². The summed E-state index contributed by atoms with van der Waals surface area (Å²) in [5.41, 5.74) is 6.02. The maximum atomic E-state index is 12.5. The van der Waals surface area contributed by atoms with Crippen molar-refractivity contribution in [2.24, 2.45) is 0 Å². The fraction of sp³-hybridized carbons (Fsp3) is 0.474. The second-order valence-corrected chi connectivity index (χ2v) is 8.04. The average molecular weight is 398 g/mol. The molecule has 1 aliphatic heterocycles. The van der Waals surface area contributed by atoms with Crippen LogP contribution in [-0.2, 0) is 19.5 Å². The molecule has 2 aliphatic rings. The molecule has 0 saturated heterocycles. The summed E-state index contributed by atoms with van der Waals surface area (Å²) < 4.78 is 10.5. The van der Waals surface area contributed by atoms with Crippen molar-refractivity contribution in [3.05, 3.63) is 40.7 Å². The summed E-state index contributed by atoms with van der Waals surface area (Å²) in [4.78, 5) is 12.5. The first-order valence-electron chi connectivity index (χ1n) is 9.70. The SMILES string of the molecule is CNC(=O)c1c2c(nn1C1CC(NCc3ccc4nsnc4c3)C1)CNCC2. The van der Waals surface area contributed by atoms with Crippen LogP contribution in [0.1, 0.15) is 46.2 Å². The number of carbonyl (C=O) groups excluding carboxylic acids is 1. The summed E-state index contributed by atoms with van der Waals surface area (Å²) in [5.74, 6) is -0.0303. The minimum absolute atomic E-state index is 0.0303. The Labute approximate surface area is 167 Å². The Bertz CT molecular complexity index is 1020. The lowest BCUT2D eigenvalue weighted by molar-refractivity contribution is 0.0939. The van der Waals surface area contributed by atoms with Crippen LogP contribution in [0, 0.1) is 0 Å². The van der Waals surface area contributed by atoms with E-state index in [0.717, 1.165) is 66.9 Å². The molecule has 1 saturated carbocycles. The van der Waals surface area contributed by atoms with E-state index >= 15 is 0 Å². The summed E-state index contributed by atoms with van der Waals surface area (Å²) in [5, 5.41) is 14.5. The van der Waals surface area contributed by atoms with Gasteiger partial charge in [0, 0.05) is 31.7 Å². The second kappa shape index (κ2) is 7.23. The molecule has 3 aromatic rings. The molecule has 3 heterocycles. The molecular weight excluding hydrogens is 374 g/mol. The molecule has 3 N–H and O–H groups in total. The standard InChI is InChI=1S/C19H23N7OS/c1-20-19(27)18-14-4-5-21-10-17(14)23-26(18)13-7-12(8-13)22-9-11-2-3-15-16(6-11)25-28-24-15/h2-3,6,12-13,21-22H,4-5,7-10H2,1H3,(H,20,27). The number of amides is 1. The number of nitrogens with zero attached hydrogens (tertiary/aromatic N) is 4. The highest BCUT2D eigenvalue weighted by molar-refractivity contribution is 7.00. The Kier molecular flexibility index (Phi) is 4.58. The van der Waals surface area contributed by atoms with Gasteiger partial charge in [0.2, 0.25) is 0 Å². The summed E-state index contributed by atoms with van der Waals surface area (Å²) in [6.45, 7) is 2.46. The van der Waals surface area contributed by atoms with Crippen LogP contribution in [0.2, 0.25) is 0 Å². The van der Waals surface area contributed by atoms with E-state index in [1.807, 2.05) is 10.7 Å². The van der Waals surface area contributed by atoms with Crippen molar-refractivity contribution in [1.29, 1.82) is 0 Å². The monoisotopic (exact) mass is 397 g/mol. The minimum Gasteiger partial charge on any atom is -0.354 e. The molecule has 0 radical (unpaired) electrons. The predicted octanol–water partition coefficient (Wildman–Crippen LogP) is 1.39. The zero-order valence-corrected chi connectivity index (χ0v) is 16.6. The van der Waals surface area contributed by atoms with Gasteiger partial charge in [-0.05, 0) is 43.5 Å². The number of hydrogen-bond donors (Lipinski definition) is 3. The molecule has 0 atom stereocenters. The predicted molar refractivity (Wildman–Crippen MR) is 107 cm³/mol. The molecule has 1 aromatic carbocycles.